The van der Waals surface area contributed by atoms with E-state index in [2.05, 4.69) is 42.9 Å². The van der Waals surface area contributed by atoms with E-state index in [-0.39, 0.29) is 18.5 Å². The Morgan fingerprint density at radius 2 is 2.12 bits per heavy atom. The second kappa shape index (κ2) is 8.36. The van der Waals surface area contributed by atoms with Gasteiger partial charge in [0.1, 0.15) is 24.4 Å². The first kappa shape index (κ1) is 21.2. The fourth-order valence-electron chi connectivity index (χ4n) is 4.31. The Hall–Kier alpha value is -3.66. The predicted octanol–water partition coefficient (Wildman–Crippen LogP) is 2.50. The summed E-state index contributed by atoms with van der Waals surface area (Å²) in [4.78, 5) is 33.2. The number of aryl methyl sites for hydroxylation is 1. The minimum atomic E-state index is -0.0259. The normalized spacial score (nSPS) is 16.5. The van der Waals surface area contributed by atoms with Crippen LogP contribution in [0.5, 0.6) is 0 Å². The molecule has 1 unspecified atom stereocenters. The maximum absolute atomic E-state index is 13.3. The number of hydrogen-bond acceptors (Lipinski definition) is 7. The Morgan fingerprint density at radius 3 is 2.85 bits per heavy atom. The highest BCUT2D eigenvalue weighted by atomic mass is 35.5. The standard InChI is InChI=1S/C22H24ClN9O/c1-13-9-15(3-4-16(13)23)30-7-8-31(14(2)10-30)17(33)11-32-22-18(20(24)27-12-28-22)19(29-32)21-25-5-6-26-21/h3-6,9,12,14H,7-8,10-11H2,1-2H3,(H,25,26)(H2,24,27,28). The molecule has 4 aromatic rings. The van der Waals surface area contributed by atoms with Crippen molar-refractivity contribution in [3.63, 3.8) is 0 Å². The maximum Gasteiger partial charge on any atom is 0.244 e. The van der Waals surface area contributed by atoms with E-state index in [0.29, 0.717) is 34.9 Å². The third-order valence-corrected chi connectivity index (χ3v) is 6.44. The van der Waals surface area contributed by atoms with Gasteiger partial charge in [-0.1, -0.05) is 11.6 Å². The van der Waals surface area contributed by atoms with Gasteiger partial charge >= 0.3 is 0 Å². The van der Waals surface area contributed by atoms with Gasteiger partial charge in [0.2, 0.25) is 5.91 Å². The number of carbonyl (C=O) groups excluding carboxylic acids is 1. The highest BCUT2D eigenvalue weighted by Crippen LogP contribution is 2.28. The number of rotatable bonds is 4. The van der Waals surface area contributed by atoms with Crippen LogP contribution in [0.25, 0.3) is 22.6 Å². The largest absolute Gasteiger partial charge is 0.383 e. The number of H-pyrrole nitrogens is 1. The number of aromatic nitrogens is 6. The molecule has 0 spiro atoms. The van der Waals surface area contributed by atoms with Crippen LogP contribution in [0.15, 0.2) is 36.9 Å². The minimum absolute atomic E-state index is 0.0259. The first-order chi connectivity index (χ1) is 15.9. The number of carbonyl (C=O) groups is 1. The fourth-order valence-corrected chi connectivity index (χ4v) is 4.43. The first-order valence-electron chi connectivity index (χ1n) is 10.7. The van der Waals surface area contributed by atoms with Crippen molar-refractivity contribution in [2.45, 2.75) is 26.4 Å². The van der Waals surface area contributed by atoms with Crippen molar-refractivity contribution in [2.24, 2.45) is 0 Å². The summed E-state index contributed by atoms with van der Waals surface area (Å²) in [6, 6.07) is 6.06. The number of nitrogen functional groups attached to an aromatic ring is 1. The van der Waals surface area contributed by atoms with Crippen LogP contribution in [-0.4, -0.2) is 66.2 Å². The van der Waals surface area contributed by atoms with Gasteiger partial charge in [-0.2, -0.15) is 5.10 Å². The number of amides is 1. The third kappa shape index (κ3) is 3.86. The Labute approximate surface area is 195 Å². The van der Waals surface area contributed by atoms with Gasteiger partial charge in [0.25, 0.3) is 0 Å². The number of piperazine rings is 1. The topological polar surface area (TPSA) is 122 Å². The van der Waals surface area contributed by atoms with E-state index >= 15 is 0 Å². The van der Waals surface area contributed by atoms with Crippen molar-refractivity contribution in [1.82, 2.24) is 34.6 Å². The number of nitrogens with zero attached hydrogens (tertiary/aromatic N) is 7. The zero-order valence-corrected chi connectivity index (χ0v) is 19.1. The number of nitrogens with one attached hydrogen (secondary N) is 1. The van der Waals surface area contributed by atoms with Gasteiger partial charge in [-0.15, -0.1) is 0 Å². The van der Waals surface area contributed by atoms with E-state index in [1.807, 2.05) is 24.0 Å². The molecule has 1 aliphatic heterocycles. The molecule has 0 bridgehead atoms. The zero-order valence-electron chi connectivity index (χ0n) is 18.4. The minimum Gasteiger partial charge on any atom is -0.383 e. The SMILES string of the molecule is Cc1cc(N2CCN(C(=O)Cn3nc(-c4ncc[nH]4)c4c(N)ncnc43)C(C)C2)ccc1Cl. The number of anilines is 2. The predicted molar refractivity (Wildman–Crippen MR) is 127 cm³/mol. The molecule has 1 aliphatic rings. The molecule has 3 N–H and O–H groups in total. The lowest BCUT2D eigenvalue weighted by Gasteiger charge is -2.41. The molecule has 170 valence electrons. The Bertz CT molecular complexity index is 1320. The van der Waals surface area contributed by atoms with Crippen LogP contribution in [0.4, 0.5) is 11.5 Å². The highest BCUT2D eigenvalue weighted by molar-refractivity contribution is 6.31. The molecule has 0 saturated carbocycles. The Morgan fingerprint density at radius 1 is 1.27 bits per heavy atom. The molecule has 1 amide bonds. The van der Waals surface area contributed by atoms with Gasteiger partial charge in [-0.25, -0.2) is 19.6 Å². The van der Waals surface area contributed by atoms with Gasteiger partial charge < -0.3 is 20.5 Å². The van der Waals surface area contributed by atoms with Crippen molar-refractivity contribution in [2.75, 3.05) is 30.3 Å². The summed E-state index contributed by atoms with van der Waals surface area (Å²) in [6.07, 6.45) is 4.71. The van der Waals surface area contributed by atoms with Gasteiger partial charge in [0.15, 0.2) is 11.5 Å². The molecule has 4 heterocycles. The molecule has 10 nitrogen and oxygen atoms in total. The van der Waals surface area contributed by atoms with Crippen LogP contribution in [0, 0.1) is 6.92 Å². The van der Waals surface area contributed by atoms with Crippen molar-refractivity contribution in [3.8, 4) is 11.5 Å². The quantitative estimate of drug-likeness (QED) is 0.474. The lowest BCUT2D eigenvalue weighted by molar-refractivity contribution is -0.134. The lowest BCUT2D eigenvalue weighted by atomic mass is 10.1. The Balaban J connectivity index is 1.36. The van der Waals surface area contributed by atoms with Crippen LogP contribution in [0.3, 0.4) is 0 Å². The number of imidazole rings is 1. The van der Waals surface area contributed by atoms with Crippen LogP contribution < -0.4 is 10.6 Å². The number of fused-ring (bicyclic) bond motifs is 1. The average molecular weight is 466 g/mol. The Kier molecular flexibility index (Phi) is 5.37. The van der Waals surface area contributed by atoms with E-state index in [1.165, 1.54) is 6.33 Å². The molecule has 1 atom stereocenters. The number of aromatic amines is 1. The van der Waals surface area contributed by atoms with Crippen LogP contribution in [-0.2, 0) is 11.3 Å². The van der Waals surface area contributed by atoms with Gasteiger partial charge in [0.05, 0.1) is 5.39 Å². The molecule has 1 aromatic carbocycles. The highest BCUT2D eigenvalue weighted by Gasteiger charge is 2.29. The average Bonchev–Trinajstić information content (AvgIpc) is 3.44. The fraction of sp³-hybridized carbons (Fsp3) is 0.318. The summed E-state index contributed by atoms with van der Waals surface area (Å²) >= 11 is 6.17. The van der Waals surface area contributed by atoms with Crippen LogP contribution in [0.2, 0.25) is 5.02 Å². The number of hydrogen-bond donors (Lipinski definition) is 2. The first-order valence-corrected chi connectivity index (χ1v) is 11.1. The van der Waals surface area contributed by atoms with Crippen molar-refractivity contribution < 1.29 is 4.79 Å². The van der Waals surface area contributed by atoms with Crippen LogP contribution >= 0.6 is 11.6 Å². The molecule has 1 fully saturated rings. The molecular formula is C22H24ClN9O. The number of benzene rings is 1. The molecule has 33 heavy (non-hydrogen) atoms. The third-order valence-electron chi connectivity index (χ3n) is 6.02. The van der Waals surface area contributed by atoms with E-state index in [9.17, 15) is 4.79 Å². The van der Waals surface area contributed by atoms with Gasteiger partial charge in [-0.05, 0) is 37.6 Å². The van der Waals surface area contributed by atoms with Crippen molar-refractivity contribution in [1.29, 1.82) is 0 Å². The van der Waals surface area contributed by atoms with Crippen molar-refractivity contribution in [3.05, 3.63) is 47.5 Å². The van der Waals surface area contributed by atoms with Crippen molar-refractivity contribution >= 4 is 40.0 Å². The molecule has 1 saturated heterocycles. The summed E-state index contributed by atoms with van der Waals surface area (Å²) in [7, 11) is 0. The van der Waals surface area contributed by atoms with Gasteiger partial charge in [0, 0.05) is 48.8 Å². The van der Waals surface area contributed by atoms with Crippen LogP contribution in [0.1, 0.15) is 12.5 Å². The number of halogens is 1. The summed E-state index contributed by atoms with van der Waals surface area (Å²) in [5, 5.41) is 5.94. The summed E-state index contributed by atoms with van der Waals surface area (Å²) in [5.74, 6) is 0.820. The van der Waals surface area contributed by atoms with E-state index < -0.39 is 0 Å². The molecule has 0 aliphatic carbocycles. The molecular weight excluding hydrogens is 442 g/mol. The molecule has 3 aromatic heterocycles. The maximum atomic E-state index is 13.3. The smallest absolute Gasteiger partial charge is 0.244 e. The second-order valence-corrected chi connectivity index (χ2v) is 8.62. The van der Waals surface area contributed by atoms with E-state index in [1.54, 1.807) is 17.1 Å². The number of nitrogens with two attached hydrogens (primary N) is 1. The molecule has 0 radical (unpaired) electrons. The molecule has 11 heteroatoms. The zero-order chi connectivity index (χ0) is 23.1. The van der Waals surface area contributed by atoms with E-state index in [4.69, 9.17) is 17.3 Å². The van der Waals surface area contributed by atoms with Gasteiger partial charge in [-0.3, -0.25) is 4.79 Å². The summed E-state index contributed by atoms with van der Waals surface area (Å²) in [5.41, 5.74) is 9.29. The monoisotopic (exact) mass is 465 g/mol. The summed E-state index contributed by atoms with van der Waals surface area (Å²) in [6.45, 7) is 6.20. The lowest BCUT2D eigenvalue weighted by Crippen LogP contribution is -2.54. The van der Waals surface area contributed by atoms with E-state index in [0.717, 1.165) is 29.4 Å². The second-order valence-electron chi connectivity index (χ2n) is 8.22. The molecule has 5 rings (SSSR count). The summed E-state index contributed by atoms with van der Waals surface area (Å²) < 4.78 is 1.58.